The Morgan fingerprint density at radius 1 is 1.56 bits per heavy atom. The van der Waals surface area contributed by atoms with Crippen molar-refractivity contribution in [2.24, 2.45) is 0 Å². The largest absolute Gasteiger partial charge is 0.339 e. The number of hydrogen-bond donors (Lipinski definition) is 0. The lowest BCUT2D eigenvalue weighted by molar-refractivity contribution is -0.129. The Balaban J connectivity index is 2.32. The molecule has 0 N–H and O–H groups in total. The van der Waals surface area contributed by atoms with Gasteiger partial charge in [-0.25, -0.2) is 0 Å². The van der Waals surface area contributed by atoms with Crippen LogP contribution in [0, 0.1) is 0 Å². The van der Waals surface area contributed by atoms with Gasteiger partial charge in [0.15, 0.2) is 0 Å². The topological polar surface area (TPSA) is 20.3 Å². The number of hydrogen-bond acceptors (Lipinski definition) is 1. The first-order valence-electron chi connectivity index (χ1n) is 3.26. The van der Waals surface area contributed by atoms with Gasteiger partial charge in [-0.3, -0.25) is 4.79 Å². The van der Waals surface area contributed by atoms with Crippen LogP contribution >= 0.6 is 0 Å². The molecule has 1 rings (SSSR count). The molecule has 0 unspecified atom stereocenters. The van der Waals surface area contributed by atoms with Gasteiger partial charge in [0.1, 0.15) is 0 Å². The minimum Gasteiger partial charge on any atom is -0.339 e. The highest BCUT2D eigenvalue weighted by Crippen LogP contribution is 2.05. The van der Waals surface area contributed by atoms with Crippen molar-refractivity contribution in [3.63, 3.8) is 0 Å². The monoisotopic (exact) mass is 125 g/mol. The third-order valence-electron chi connectivity index (χ3n) is 1.48. The fourth-order valence-corrected chi connectivity index (χ4v) is 0.785. The average molecular weight is 125 g/mol. The molecule has 1 heterocycles. The first kappa shape index (κ1) is 6.33. The Labute approximate surface area is 55.2 Å². The van der Waals surface area contributed by atoms with Crippen molar-refractivity contribution in [1.82, 2.24) is 4.90 Å². The number of rotatable bonds is 1. The normalized spacial score (nSPS) is 18.1. The van der Waals surface area contributed by atoms with E-state index in [2.05, 4.69) is 0 Å². The van der Waals surface area contributed by atoms with Gasteiger partial charge >= 0.3 is 0 Å². The van der Waals surface area contributed by atoms with E-state index in [1.165, 1.54) is 6.42 Å². The standard InChI is InChI=1S/C7H11NO/c1-2-4-7(9)8-5-3-6-8/h2,4H,3,5-6H2,1H3. The van der Waals surface area contributed by atoms with Crippen LogP contribution in [0.4, 0.5) is 0 Å². The van der Waals surface area contributed by atoms with Gasteiger partial charge in [-0.15, -0.1) is 0 Å². The summed E-state index contributed by atoms with van der Waals surface area (Å²) in [5, 5.41) is 0. The van der Waals surface area contributed by atoms with E-state index in [-0.39, 0.29) is 5.91 Å². The summed E-state index contributed by atoms with van der Waals surface area (Å²) in [4.78, 5) is 12.7. The highest BCUT2D eigenvalue weighted by atomic mass is 16.2. The molecule has 9 heavy (non-hydrogen) atoms. The van der Waals surface area contributed by atoms with E-state index in [0.29, 0.717) is 0 Å². The van der Waals surface area contributed by atoms with E-state index < -0.39 is 0 Å². The lowest BCUT2D eigenvalue weighted by Crippen LogP contribution is -2.40. The van der Waals surface area contributed by atoms with Crippen LogP contribution in [0.15, 0.2) is 12.2 Å². The molecule has 2 heteroatoms. The number of nitrogens with zero attached hydrogens (tertiary/aromatic N) is 1. The SMILES string of the molecule is CC=CC(=O)N1CCC1. The molecule has 2 nitrogen and oxygen atoms in total. The van der Waals surface area contributed by atoms with Crippen molar-refractivity contribution < 1.29 is 4.79 Å². The fraction of sp³-hybridized carbons (Fsp3) is 0.571. The first-order valence-corrected chi connectivity index (χ1v) is 3.26. The Kier molecular flexibility index (Phi) is 1.88. The zero-order chi connectivity index (χ0) is 6.69. The summed E-state index contributed by atoms with van der Waals surface area (Å²) in [5.41, 5.74) is 0. The summed E-state index contributed by atoms with van der Waals surface area (Å²) in [6.07, 6.45) is 4.56. The predicted molar refractivity (Wildman–Crippen MR) is 36.0 cm³/mol. The van der Waals surface area contributed by atoms with E-state index in [1.807, 2.05) is 11.8 Å². The second-order valence-electron chi connectivity index (χ2n) is 2.18. The lowest BCUT2D eigenvalue weighted by Gasteiger charge is -2.29. The molecule has 0 aromatic carbocycles. The molecule has 0 radical (unpaired) electrons. The maximum Gasteiger partial charge on any atom is 0.246 e. The minimum absolute atomic E-state index is 0.156. The molecule has 1 saturated heterocycles. The van der Waals surface area contributed by atoms with Crippen LogP contribution in [-0.2, 0) is 4.79 Å². The van der Waals surface area contributed by atoms with Crippen LogP contribution in [0.2, 0.25) is 0 Å². The molecule has 0 aliphatic carbocycles. The smallest absolute Gasteiger partial charge is 0.246 e. The Bertz CT molecular complexity index is 136. The number of amides is 1. The van der Waals surface area contributed by atoms with Crippen molar-refractivity contribution >= 4 is 5.91 Å². The van der Waals surface area contributed by atoms with Gasteiger partial charge in [-0.2, -0.15) is 0 Å². The van der Waals surface area contributed by atoms with Crippen molar-refractivity contribution in [2.75, 3.05) is 13.1 Å². The minimum atomic E-state index is 0.156. The van der Waals surface area contributed by atoms with Crippen LogP contribution in [0.3, 0.4) is 0 Å². The van der Waals surface area contributed by atoms with Gasteiger partial charge in [-0.05, 0) is 19.4 Å². The molecule has 0 aromatic heterocycles. The molecular weight excluding hydrogens is 114 g/mol. The summed E-state index contributed by atoms with van der Waals surface area (Å²) in [5.74, 6) is 0.156. The molecule has 0 bridgehead atoms. The maximum atomic E-state index is 10.9. The third-order valence-corrected chi connectivity index (χ3v) is 1.48. The van der Waals surface area contributed by atoms with Crippen LogP contribution in [0.5, 0.6) is 0 Å². The zero-order valence-corrected chi connectivity index (χ0v) is 5.63. The van der Waals surface area contributed by atoms with Crippen LogP contribution in [0.1, 0.15) is 13.3 Å². The quantitative estimate of drug-likeness (QED) is 0.474. The van der Waals surface area contributed by atoms with Crippen LogP contribution < -0.4 is 0 Å². The Morgan fingerprint density at radius 3 is 2.56 bits per heavy atom. The van der Waals surface area contributed by atoms with Crippen LogP contribution in [0.25, 0.3) is 0 Å². The van der Waals surface area contributed by atoms with Gasteiger partial charge < -0.3 is 4.90 Å². The molecule has 1 aliphatic heterocycles. The number of likely N-dealkylation sites (tertiary alicyclic amines) is 1. The second kappa shape index (κ2) is 2.67. The maximum absolute atomic E-state index is 10.9. The molecule has 0 spiro atoms. The zero-order valence-electron chi connectivity index (χ0n) is 5.63. The summed E-state index contributed by atoms with van der Waals surface area (Å²) < 4.78 is 0. The number of carbonyl (C=O) groups is 1. The number of carbonyl (C=O) groups excluding carboxylic acids is 1. The van der Waals surface area contributed by atoms with Gasteiger partial charge in [0, 0.05) is 13.1 Å². The molecule has 0 atom stereocenters. The first-order chi connectivity index (χ1) is 4.34. The van der Waals surface area contributed by atoms with E-state index in [9.17, 15) is 4.79 Å². The van der Waals surface area contributed by atoms with Gasteiger partial charge in [-0.1, -0.05) is 6.08 Å². The molecule has 1 amide bonds. The molecule has 1 aliphatic rings. The highest BCUT2D eigenvalue weighted by molar-refractivity contribution is 5.87. The Morgan fingerprint density at radius 2 is 2.22 bits per heavy atom. The fourth-order valence-electron chi connectivity index (χ4n) is 0.785. The molecule has 0 aromatic rings. The number of allylic oxidation sites excluding steroid dienone is 1. The average Bonchev–Trinajstić information content (AvgIpc) is 1.60. The summed E-state index contributed by atoms with van der Waals surface area (Å²) in [6, 6.07) is 0. The van der Waals surface area contributed by atoms with Crippen molar-refractivity contribution in [1.29, 1.82) is 0 Å². The third kappa shape index (κ3) is 1.31. The van der Waals surface area contributed by atoms with Crippen molar-refractivity contribution in [3.8, 4) is 0 Å². The van der Waals surface area contributed by atoms with E-state index >= 15 is 0 Å². The highest BCUT2D eigenvalue weighted by Gasteiger charge is 2.16. The van der Waals surface area contributed by atoms with Crippen molar-refractivity contribution in [3.05, 3.63) is 12.2 Å². The van der Waals surface area contributed by atoms with E-state index in [4.69, 9.17) is 0 Å². The lowest BCUT2D eigenvalue weighted by atomic mass is 10.2. The van der Waals surface area contributed by atoms with Gasteiger partial charge in [0.25, 0.3) is 0 Å². The van der Waals surface area contributed by atoms with Crippen LogP contribution in [-0.4, -0.2) is 23.9 Å². The Hall–Kier alpha value is -0.790. The van der Waals surface area contributed by atoms with Gasteiger partial charge in [0.05, 0.1) is 0 Å². The molecule has 50 valence electrons. The van der Waals surface area contributed by atoms with Crippen molar-refractivity contribution in [2.45, 2.75) is 13.3 Å². The molecular formula is C7H11NO. The summed E-state index contributed by atoms with van der Waals surface area (Å²) >= 11 is 0. The predicted octanol–water partition coefficient (Wildman–Crippen LogP) is 0.795. The van der Waals surface area contributed by atoms with Gasteiger partial charge in [0.2, 0.25) is 5.91 Å². The van der Waals surface area contributed by atoms with E-state index in [0.717, 1.165) is 13.1 Å². The molecule has 1 fully saturated rings. The summed E-state index contributed by atoms with van der Waals surface area (Å²) in [7, 11) is 0. The van der Waals surface area contributed by atoms with E-state index in [1.54, 1.807) is 12.2 Å². The summed E-state index contributed by atoms with van der Waals surface area (Å²) in [6.45, 7) is 3.75. The second-order valence-corrected chi connectivity index (χ2v) is 2.18. The molecule has 0 saturated carbocycles.